The molecule has 1 amide bonds. The molecule has 0 aliphatic rings. The summed E-state index contributed by atoms with van der Waals surface area (Å²) in [6.45, 7) is -0.282. The maximum absolute atomic E-state index is 11.6. The van der Waals surface area contributed by atoms with E-state index in [2.05, 4.69) is 9.97 Å². The number of carboxylic acids is 1. The second kappa shape index (κ2) is 5.78. The highest BCUT2D eigenvalue weighted by molar-refractivity contribution is 5.84. The summed E-state index contributed by atoms with van der Waals surface area (Å²) in [6, 6.07) is 1.68. The monoisotopic (exact) mass is 238 g/mol. The van der Waals surface area contributed by atoms with Crippen molar-refractivity contribution in [3.63, 3.8) is 0 Å². The molecule has 0 unspecified atom stereocenters. The van der Waals surface area contributed by atoms with Crippen molar-refractivity contribution in [1.82, 2.24) is 14.9 Å². The third kappa shape index (κ3) is 4.06. The zero-order valence-corrected chi connectivity index (χ0v) is 9.70. The molecule has 0 radical (unpaired) electrons. The van der Waals surface area contributed by atoms with Crippen LogP contribution in [-0.2, 0) is 9.59 Å². The standard InChI is InChI=1S/C10H14N4O3/c1-13(7-9(16)17)8(15)6-14(2)10-11-4-3-5-12-10/h3-5H,6-7H2,1-2H3,(H,16,17). The molecule has 0 aliphatic heterocycles. The van der Waals surface area contributed by atoms with E-state index in [0.29, 0.717) is 5.95 Å². The summed E-state index contributed by atoms with van der Waals surface area (Å²) in [4.78, 5) is 32.7. The van der Waals surface area contributed by atoms with Crippen molar-refractivity contribution in [1.29, 1.82) is 0 Å². The molecule has 0 aromatic carbocycles. The molecule has 1 aromatic rings. The molecular formula is C10H14N4O3. The highest BCUT2D eigenvalue weighted by Gasteiger charge is 2.15. The normalized spacial score (nSPS) is 9.76. The van der Waals surface area contributed by atoms with Gasteiger partial charge in [-0.15, -0.1) is 0 Å². The minimum absolute atomic E-state index is 0.0355. The number of nitrogens with zero attached hydrogens (tertiary/aromatic N) is 4. The van der Waals surface area contributed by atoms with Gasteiger partial charge in [0, 0.05) is 26.5 Å². The van der Waals surface area contributed by atoms with Crippen LogP contribution in [0.1, 0.15) is 0 Å². The van der Waals surface area contributed by atoms with Crippen molar-refractivity contribution in [3.05, 3.63) is 18.5 Å². The van der Waals surface area contributed by atoms with E-state index >= 15 is 0 Å². The summed E-state index contributed by atoms with van der Waals surface area (Å²) < 4.78 is 0. The van der Waals surface area contributed by atoms with Gasteiger partial charge in [0.2, 0.25) is 11.9 Å². The summed E-state index contributed by atoms with van der Waals surface area (Å²) >= 11 is 0. The van der Waals surface area contributed by atoms with Crippen molar-refractivity contribution in [3.8, 4) is 0 Å². The lowest BCUT2D eigenvalue weighted by Crippen LogP contribution is -2.39. The van der Waals surface area contributed by atoms with E-state index in [9.17, 15) is 9.59 Å². The predicted molar refractivity (Wildman–Crippen MR) is 60.6 cm³/mol. The lowest BCUT2D eigenvalue weighted by Gasteiger charge is -2.20. The Labute approximate surface area is 98.7 Å². The van der Waals surface area contributed by atoms with Crippen LogP contribution in [0.3, 0.4) is 0 Å². The summed E-state index contributed by atoms with van der Waals surface area (Å²) in [5.74, 6) is -0.925. The van der Waals surface area contributed by atoms with Gasteiger partial charge in [0.1, 0.15) is 6.54 Å². The third-order valence-electron chi connectivity index (χ3n) is 2.06. The van der Waals surface area contributed by atoms with E-state index < -0.39 is 5.97 Å². The molecule has 1 N–H and O–H groups in total. The minimum Gasteiger partial charge on any atom is -0.480 e. The lowest BCUT2D eigenvalue weighted by molar-refractivity contribution is -0.142. The fourth-order valence-corrected chi connectivity index (χ4v) is 1.17. The second-order valence-electron chi connectivity index (χ2n) is 3.55. The van der Waals surface area contributed by atoms with Gasteiger partial charge in [0.05, 0.1) is 6.54 Å². The maximum Gasteiger partial charge on any atom is 0.323 e. The third-order valence-corrected chi connectivity index (χ3v) is 2.06. The smallest absolute Gasteiger partial charge is 0.323 e. The van der Waals surface area contributed by atoms with E-state index in [1.807, 2.05) is 0 Å². The van der Waals surface area contributed by atoms with Gasteiger partial charge >= 0.3 is 5.97 Å². The average molecular weight is 238 g/mol. The molecule has 7 heteroatoms. The number of aromatic nitrogens is 2. The Morgan fingerprint density at radius 2 is 1.82 bits per heavy atom. The zero-order chi connectivity index (χ0) is 12.8. The number of carbonyl (C=O) groups excluding carboxylic acids is 1. The van der Waals surface area contributed by atoms with Crippen LogP contribution in [0.15, 0.2) is 18.5 Å². The maximum atomic E-state index is 11.6. The van der Waals surface area contributed by atoms with Gasteiger partial charge in [0.25, 0.3) is 0 Å². The molecule has 0 atom stereocenters. The van der Waals surface area contributed by atoms with Gasteiger partial charge in [-0.05, 0) is 6.07 Å². The molecule has 17 heavy (non-hydrogen) atoms. The van der Waals surface area contributed by atoms with Crippen LogP contribution in [0.2, 0.25) is 0 Å². The summed E-state index contributed by atoms with van der Waals surface area (Å²) in [5.41, 5.74) is 0. The number of hydrogen-bond donors (Lipinski definition) is 1. The van der Waals surface area contributed by atoms with Crippen LogP contribution in [0, 0.1) is 0 Å². The van der Waals surface area contributed by atoms with Gasteiger partial charge in [0.15, 0.2) is 0 Å². The number of carbonyl (C=O) groups is 2. The molecule has 7 nitrogen and oxygen atoms in total. The number of amides is 1. The van der Waals surface area contributed by atoms with Crippen molar-refractivity contribution < 1.29 is 14.7 Å². The minimum atomic E-state index is -1.04. The number of rotatable bonds is 5. The first-order valence-electron chi connectivity index (χ1n) is 4.94. The van der Waals surface area contributed by atoms with Crippen LogP contribution in [-0.4, -0.2) is 59.0 Å². The molecule has 0 spiro atoms. The van der Waals surface area contributed by atoms with Crippen LogP contribution in [0.25, 0.3) is 0 Å². The Morgan fingerprint density at radius 3 is 2.35 bits per heavy atom. The fraction of sp³-hybridized carbons (Fsp3) is 0.400. The molecule has 1 aromatic heterocycles. The number of aliphatic carboxylic acids is 1. The Morgan fingerprint density at radius 1 is 1.24 bits per heavy atom. The summed E-state index contributed by atoms with van der Waals surface area (Å²) in [7, 11) is 3.11. The van der Waals surface area contributed by atoms with Crippen molar-refractivity contribution >= 4 is 17.8 Å². The molecule has 1 heterocycles. The highest BCUT2D eigenvalue weighted by atomic mass is 16.4. The molecule has 92 valence electrons. The molecular weight excluding hydrogens is 224 g/mol. The Bertz CT molecular complexity index is 396. The van der Waals surface area contributed by atoms with E-state index in [4.69, 9.17) is 5.11 Å². The summed E-state index contributed by atoms with van der Waals surface area (Å²) in [5, 5.41) is 8.55. The highest BCUT2D eigenvalue weighted by Crippen LogP contribution is 2.01. The van der Waals surface area contributed by atoms with Crippen LogP contribution in [0.5, 0.6) is 0 Å². The number of anilines is 1. The predicted octanol–water partition coefficient (Wildman–Crippen LogP) is -0.544. The van der Waals surface area contributed by atoms with Gasteiger partial charge in [-0.2, -0.15) is 0 Å². The van der Waals surface area contributed by atoms with E-state index in [1.165, 1.54) is 7.05 Å². The molecule has 0 fully saturated rings. The first-order valence-corrected chi connectivity index (χ1v) is 4.94. The van der Waals surface area contributed by atoms with Crippen LogP contribution in [0.4, 0.5) is 5.95 Å². The molecule has 1 rings (SSSR count). The average Bonchev–Trinajstić information content (AvgIpc) is 2.29. The van der Waals surface area contributed by atoms with E-state index in [-0.39, 0.29) is 19.0 Å². The number of likely N-dealkylation sites (N-methyl/N-ethyl adjacent to an activating group) is 2. The van der Waals surface area contributed by atoms with Gasteiger partial charge in [-0.25, -0.2) is 9.97 Å². The van der Waals surface area contributed by atoms with Crippen LogP contribution < -0.4 is 4.90 Å². The Balaban J connectivity index is 2.54. The molecule has 0 saturated heterocycles. The fourth-order valence-electron chi connectivity index (χ4n) is 1.17. The number of hydrogen-bond acceptors (Lipinski definition) is 5. The van der Waals surface area contributed by atoms with Gasteiger partial charge in [-0.1, -0.05) is 0 Å². The van der Waals surface area contributed by atoms with Gasteiger partial charge < -0.3 is 14.9 Å². The molecule has 0 bridgehead atoms. The first-order chi connectivity index (χ1) is 8.00. The van der Waals surface area contributed by atoms with E-state index in [0.717, 1.165) is 4.90 Å². The Hall–Kier alpha value is -2.18. The second-order valence-corrected chi connectivity index (χ2v) is 3.55. The zero-order valence-electron chi connectivity index (χ0n) is 9.70. The largest absolute Gasteiger partial charge is 0.480 e. The molecule has 0 aliphatic carbocycles. The summed E-state index contributed by atoms with van der Waals surface area (Å²) in [6.07, 6.45) is 3.15. The van der Waals surface area contributed by atoms with E-state index in [1.54, 1.807) is 30.4 Å². The lowest BCUT2D eigenvalue weighted by atomic mass is 10.4. The van der Waals surface area contributed by atoms with Crippen molar-refractivity contribution in [2.24, 2.45) is 0 Å². The topological polar surface area (TPSA) is 86.6 Å². The molecule has 0 saturated carbocycles. The first kappa shape index (κ1) is 12.9. The SMILES string of the molecule is CN(CC(=O)O)C(=O)CN(C)c1ncccn1. The van der Waals surface area contributed by atoms with Crippen LogP contribution >= 0.6 is 0 Å². The van der Waals surface area contributed by atoms with Crippen molar-refractivity contribution in [2.45, 2.75) is 0 Å². The number of carboxylic acid groups (broad SMARTS) is 1. The Kier molecular flexibility index (Phi) is 4.38. The van der Waals surface area contributed by atoms with Gasteiger partial charge in [-0.3, -0.25) is 9.59 Å². The van der Waals surface area contributed by atoms with Crippen molar-refractivity contribution in [2.75, 3.05) is 32.1 Å². The quantitative estimate of drug-likeness (QED) is 0.741.